The molecule has 0 spiro atoms. The van der Waals surface area contributed by atoms with Crippen LogP contribution in [0, 0.1) is 51.3 Å². The maximum atomic E-state index is 10.1. The van der Waals surface area contributed by atoms with Crippen LogP contribution < -0.4 is 0 Å². The van der Waals surface area contributed by atoms with E-state index in [4.69, 9.17) is 20.4 Å². The van der Waals surface area contributed by atoms with Crippen LogP contribution in [0.1, 0.15) is 0 Å². The Morgan fingerprint density at radius 2 is 0.700 bits per heavy atom. The molecule has 0 saturated heterocycles. The molecule has 0 saturated carbocycles. The number of hydrogen-bond donors (Lipinski definition) is 4. The fourth-order valence-electron chi connectivity index (χ4n) is 1.31. The van der Waals surface area contributed by atoms with Crippen LogP contribution in [0.5, 0.6) is 0 Å². The summed E-state index contributed by atoms with van der Waals surface area (Å²) in [6.45, 7) is -5.75. The van der Waals surface area contributed by atoms with Crippen molar-refractivity contribution in [3.8, 4) is 0 Å². The molecule has 4 N–H and O–H groups in total. The summed E-state index contributed by atoms with van der Waals surface area (Å²) in [5.74, 6) is 0. The second kappa shape index (κ2) is 14.6. The number of hydrogen-bond acceptors (Lipinski definition) is 16. The molecule has 0 radical (unpaired) electrons. The van der Waals surface area contributed by atoms with Gasteiger partial charge in [0.05, 0.1) is 37.3 Å². The van der Waals surface area contributed by atoms with Crippen molar-refractivity contribution < 1.29 is 60.1 Å². The molecule has 0 atom stereocenters. The van der Waals surface area contributed by atoms with E-state index in [1.807, 2.05) is 0 Å². The van der Waals surface area contributed by atoms with E-state index in [0.29, 0.717) is 0 Å². The van der Waals surface area contributed by atoms with Gasteiger partial charge in [-0.15, -0.1) is 40.5 Å². The maximum Gasteiger partial charge on any atom is 0.294 e. The zero-order valence-electron chi connectivity index (χ0n) is 15.1. The molecule has 0 aliphatic heterocycles. The van der Waals surface area contributed by atoms with Crippen LogP contribution in [-0.2, 0) is 19.4 Å². The lowest BCUT2D eigenvalue weighted by Crippen LogP contribution is -2.43. The predicted molar refractivity (Wildman–Crippen MR) is 85.0 cm³/mol. The van der Waals surface area contributed by atoms with Crippen LogP contribution in [0.3, 0.4) is 0 Å². The molecule has 20 nitrogen and oxygen atoms in total. The summed E-state index contributed by atoms with van der Waals surface area (Å²) in [4.78, 5) is 56.2. The molecule has 0 bridgehead atoms. The van der Waals surface area contributed by atoms with E-state index in [9.17, 15) is 40.5 Å². The van der Waals surface area contributed by atoms with Crippen molar-refractivity contribution in [2.45, 2.75) is 0 Å². The van der Waals surface area contributed by atoms with E-state index >= 15 is 0 Å². The van der Waals surface area contributed by atoms with Crippen molar-refractivity contribution >= 4 is 0 Å². The molecule has 0 aromatic heterocycles. The largest absolute Gasteiger partial charge is 0.396 e. The summed E-state index contributed by atoms with van der Waals surface area (Å²) in [5, 5.41) is 69.2. The SMILES string of the molecule is O=[N+]([O-])OCC(CO[N+](=O)[O-])(CO[N+](=O)[O-])CO[N+](=O)[O-].OCC(CO)(CO)CO. The van der Waals surface area contributed by atoms with Gasteiger partial charge in [-0.1, -0.05) is 0 Å². The van der Waals surface area contributed by atoms with Crippen LogP contribution >= 0.6 is 0 Å². The van der Waals surface area contributed by atoms with Crippen molar-refractivity contribution in [2.75, 3.05) is 52.9 Å². The lowest BCUT2D eigenvalue weighted by atomic mass is 9.92. The first kappa shape index (κ1) is 28.8. The third-order valence-corrected chi connectivity index (χ3v) is 3.25. The van der Waals surface area contributed by atoms with Crippen molar-refractivity contribution in [3.63, 3.8) is 0 Å². The highest BCUT2D eigenvalue weighted by atomic mass is 17.0. The molecule has 0 aromatic carbocycles. The van der Waals surface area contributed by atoms with Crippen LogP contribution in [0.25, 0.3) is 0 Å². The van der Waals surface area contributed by atoms with E-state index in [1.165, 1.54) is 0 Å². The highest BCUT2D eigenvalue weighted by molar-refractivity contribution is 4.77. The fraction of sp³-hybridized carbons (Fsp3) is 1.00. The minimum absolute atomic E-state index is 0.406. The number of rotatable bonds is 16. The molecule has 176 valence electrons. The third kappa shape index (κ3) is 12.9. The van der Waals surface area contributed by atoms with Crippen LogP contribution in [-0.4, -0.2) is 93.6 Å². The Balaban J connectivity index is 0. The van der Waals surface area contributed by atoms with Crippen molar-refractivity contribution in [2.24, 2.45) is 10.8 Å². The summed E-state index contributed by atoms with van der Waals surface area (Å²) in [7, 11) is 0. The van der Waals surface area contributed by atoms with Crippen LogP contribution in [0.2, 0.25) is 0 Å². The number of nitrogens with zero attached hydrogens (tertiary/aromatic N) is 4. The predicted octanol–water partition coefficient (Wildman–Crippen LogP) is -3.25. The Bertz CT molecular complexity index is 459. The maximum absolute atomic E-state index is 10.1. The molecule has 0 rings (SSSR count). The average Bonchev–Trinajstić information content (AvgIpc) is 2.69. The number of aliphatic hydroxyl groups excluding tert-OH is 4. The number of aliphatic hydroxyl groups is 4. The highest BCUT2D eigenvalue weighted by Gasteiger charge is 2.37. The van der Waals surface area contributed by atoms with Crippen molar-refractivity contribution in [3.05, 3.63) is 40.5 Å². The molecule has 30 heavy (non-hydrogen) atoms. The Kier molecular flexibility index (Phi) is 14.0. The molecule has 0 aromatic rings. The minimum Gasteiger partial charge on any atom is -0.396 e. The van der Waals surface area contributed by atoms with E-state index in [0.717, 1.165) is 0 Å². The summed E-state index contributed by atoms with van der Waals surface area (Å²) in [5.41, 5.74) is -3.14. The molecular weight excluding hydrogens is 432 g/mol. The first-order chi connectivity index (χ1) is 13.9. The average molecular weight is 452 g/mol. The molecule has 0 heterocycles. The second-order valence-electron chi connectivity index (χ2n) is 5.62. The molecule has 0 amide bonds. The van der Waals surface area contributed by atoms with Gasteiger partial charge in [-0.2, -0.15) is 0 Å². The fourth-order valence-corrected chi connectivity index (χ4v) is 1.31. The summed E-state index contributed by atoms with van der Waals surface area (Å²) in [6.07, 6.45) is 0. The summed E-state index contributed by atoms with van der Waals surface area (Å²) < 4.78 is 0. The smallest absolute Gasteiger partial charge is 0.294 e. The van der Waals surface area contributed by atoms with Gasteiger partial charge in [0.15, 0.2) is 0 Å². The molecule has 0 aliphatic carbocycles. The van der Waals surface area contributed by atoms with Gasteiger partial charge in [-0.25, -0.2) is 0 Å². The second-order valence-corrected chi connectivity index (χ2v) is 5.62. The minimum atomic E-state index is -2.03. The van der Waals surface area contributed by atoms with E-state index in [1.54, 1.807) is 0 Å². The Labute approximate surface area is 165 Å². The zero-order chi connectivity index (χ0) is 23.8. The molecule has 0 aliphatic rings. The molecular formula is C10H20N4O16. The quantitative estimate of drug-likeness (QED) is 0.132. The van der Waals surface area contributed by atoms with Crippen LogP contribution in [0.15, 0.2) is 0 Å². The van der Waals surface area contributed by atoms with Gasteiger partial charge in [-0.3, -0.25) is 0 Å². The van der Waals surface area contributed by atoms with Crippen LogP contribution in [0.4, 0.5) is 0 Å². The van der Waals surface area contributed by atoms with E-state index in [2.05, 4.69) is 19.4 Å². The Morgan fingerprint density at radius 3 is 0.800 bits per heavy atom. The van der Waals surface area contributed by atoms with Gasteiger partial charge in [0.25, 0.3) is 20.3 Å². The lowest BCUT2D eigenvalue weighted by Gasteiger charge is -2.28. The standard InChI is InChI=1S/C5H8N4O12.C5H12O4/c10-6(11)18-1-5(2-19-7(12)13,3-20-8(14)15)4-21-9(16)17;6-1-5(2-7,3-8)4-9/h1-4H2;6-9H,1-4H2. The topological polar surface area (TPSA) is 290 Å². The highest BCUT2D eigenvalue weighted by Crippen LogP contribution is 2.21. The summed E-state index contributed by atoms with van der Waals surface area (Å²) >= 11 is 0. The Morgan fingerprint density at radius 1 is 0.500 bits per heavy atom. The monoisotopic (exact) mass is 452 g/mol. The van der Waals surface area contributed by atoms with Gasteiger partial charge >= 0.3 is 0 Å². The van der Waals surface area contributed by atoms with E-state index < -0.39 is 84.0 Å². The molecule has 0 fully saturated rings. The van der Waals surface area contributed by atoms with Crippen molar-refractivity contribution in [1.82, 2.24) is 0 Å². The van der Waals surface area contributed by atoms with Gasteiger partial charge in [0, 0.05) is 0 Å². The zero-order valence-corrected chi connectivity index (χ0v) is 15.1. The van der Waals surface area contributed by atoms with Gasteiger partial charge in [-0.05, 0) is 0 Å². The van der Waals surface area contributed by atoms with Gasteiger partial charge < -0.3 is 39.8 Å². The van der Waals surface area contributed by atoms with Gasteiger partial charge in [0.2, 0.25) is 0 Å². The Hall–Kier alpha value is -3.36. The first-order valence-electron chi connectivity index (χ1n) is 7.44. The lowest BCUT2D eigenvalue weighted by molar-refractivity contribution is -0.792. The van der Waals surface area contributed by atoms with E-state index in [-0.39, 0.29) is 0 Å². The summed E-state index contributed by atoms with van der Waals surface area (Å²) in [6, 6.07) is 0. The third-order valence-electron chi connectivity index (χ3n) is 3.25. The molecule has 0 unspecified atom stereocenters. The normalized spacial score (nSPS) is 10.8. The molecule has 20 heteroatoms. The van der Waals surface area contributed by atoms with Gasteiger partial charge in [0.1, 0.15) is 26.4 Å². The van der Waals surface area contributed by atoms with Crippen molar-refractivity contribution in [1.29, 1.82) is 0 Å². The first-order valence-corrected chi connectivity index (χ1v) is 7.44.